The minimum atomic E-state index is -0.430. The summed E-state index contributed by atoms with van der Waals surface area (Å²) >= 11 is 5.94. The van der Waals surface area contributed by atoms with Gasteiger partial charge in [0.2, 0.25) is 12.2 Å². The van der Waals surface area contributed by atoms with E-state index in [1.807, 2.05) is 6.92 Å². The van der Waals surface area contributed by atoms with E-state index in [1.165, 1.54) is 6.07 Å². The van der Waals surface area contributed by atoms with Crippen molar-refractivity contribution in [3.8, 4) is 11.4 Å². The maximum Gasteiger partial charge on any atom is 0.214 e. The van der Waals surface area contributed by atoms with E-state index in [2.05, 4.69) is 14.7 Å². The van der Waals surface area contributed by atoms with Gasteiger partial charge in [-0.3, -0.25) is 0 Å². The van der Waals surface area contributed by atoms with Gasteiger partial charge in [-0.25, -0.2) is 4.39 Å². The molecule has 0 saturated heterocycles. The van der Waals surface area contributed by atoms with Crippen molar-refractivity contribution in [1.29, 1.82) is 0 Å². The van der Waals surface area contributed by atoms with E-state index in [4.69, 9.17) is 11.6 Å². The van der Waals surface area contributed by atoms with Crippen LogP contribution in [-0.2, 0) is 6.42 Å². The van der Waals surface area contributed by atoms with Crippen molar-refractivity contribution >= 4 is 11.6 Å². The predicted molar refractivity (Wildman–Crippen MR) is 54.1 cm³/mol. The molecule has 0 bridgehead atoms. The highest BCUT2D eigenvalue weighted by Crippen LogP contribution is 2.29. The van der Waals surface area contributed by atoms with E-state index in [1.54, 1.807) is 6.07 Å². The van der Waals surface area contributed by atoms with Crippen molar-refractivity contribution in [2.45, 2.75) is 13.3 Å². The third kappa shape index (κ3) is 1.85. The number of nitrogens with zero attached hydrogens (tertiary/aromatic N) is 2. The highest BCUT2D eigenvalue weighted by molar-refractivity contribution is 6.33. The van der Waals surface area contributed by atoms with E-state index in [0.717, 1.165) is 18.4 Å². The summed E-state index contributed by atoms with van der Waals surface area (Å²) in [4.78, 5) is 3.76. The first kappa shape index (κ1) is 10.1. The zero-order valence-electron chi connectivity index (χ0n) is 8.00. The zero-order valence-corrected chi connectivity index (χ0v) is 8.75. The Hall–Kier alpha value is -1.42. The second kappa shape index (κ2) is 3.98. The van der Waals surface area contributed by atoms with Crippen LogP contribution in [-0.4, -0.2) is 10.1 Å². The van der Waals surface area contributed by atoms with Crippen LogP contribution < -0.4 is 0 Å². The number of hydrogen-bond acceptors (Lipinski definition) is 3. The lowest BCUT2D eigenvalue weighted by Crippen LogP contribution is -1.91. The van der Waals surface area contributed by atoms with Gasteiger partial charge in [0.15, 0.2) is 0 Å². The van der Waals surface area contributed by atoms with Gasteiger partial charge in [-0.15, -0.1) is 0 Å². The smallest absolute Gasteiger partial charge is 0.214 e. The number of benzene rings is 1. The Morgan fingerprint density at radius 3 is 2.80 bits per heavy atom. The molecule has 0 radical (unpaired) electrons. The second-order valence-electron chi connectivity index (χ2n) is 3.04. The van der Waals surface area contributed by atoms with E-state index >= 15 is 0 Å². The standard InChI is InChI=1S/C10H8ClFN2O/c1-2-6-3-7(11)9(8(12)4-6)10-13-5-15-14-10/h3-5H,2H2,1H3. The number of halogens is 2. The average molecular weight is 227 g/mol. The zero-order chi connectivity index (χ0) is 10.8. The topological polar surface area (TPSA) is 38.9 Å². The van der Waals surface area contributed by atoms with E-state index in [-0.39, 0.29) is 11.4 Å². The van der Waals surface area contributed by atoms with Gasteiger partial charge in [0, 0.05) is 0 Å². The summed E-state index contributed by atoms with van der Waals surface area (Å²) in [7, 11) is 0. The van der Waals surface area contributed by atoms with Crippen LogP contribution >= 0.6 is 11.6 Å². The fourth-order valence-electron chi connectivity index (χ4n) is 1.32. The summed E-state index contributed by atoms with van der Waals surface area (Å²) < 4.78 is 18.2. The normalized spacial score (nSPS) is 10.6. The minimum absolute atomic E-state index is 0.167. The minimum Gasteiger partial charge on any atom is -0.342 e. The number of aryl methyl sites for hydroxylation is 1. The fourth-order valence-corrected chi connectivity index (χ4v) is 1.64. The Bertz CT molecular complexity index is 447. The predicted octanol–water partition coefficient (Wildman–Crippen LogP) is 3.09. The Labute approximate surface area is 90.9 Å². The summed E-state index contributed by atoms with van der Waals surface area (Å²) in [6, 6.07) is 3.13. The van der Waals surface area contributed by atoms with Gasteiger partial charge < -0.3 is 4.52 Å². The molecule has 0 spiro atoms. The lowest BCUT2D eigenvalue weighted by atomic mass is 10.1. The van der Waals surface area contributed by atoms with Crippen LogP contribution in [0.15, 0.2) is 23.0 Å². The van der Waals surface area contributed by atoms with Crippen molar-refractivity contribution in [2.24, 2.45) is 0 Å². The molecule has 5 heteroatoms. The molecule has 0 aliphatic rings. The SMILES string of the molecule is CCc1cc(F)c(-c2ncon2)c(Cl)c1. The molecule has 15 heavy (non-hydrogen) atoms. The van der Waals surface area contributed by atoms with Crippen LogP contribution in [0.25, 0.3) is 11.4 Å². The summed E-state index contributed by atoms with van der Waals surface area (Å²) in [5.74, 6) is -0.263. The maximum absolute atomic E-state index is 13.7. The lowest BCUT2D eigenvalue weighted by molar-refractivity contribution is 0.418. The molecular formula is C10H8ClFN2O. The number of rotatable bonds is 2. The molecule has 0 saturated carbocycles. The highest BCUT2D eigenvalue weighted by Gasteiger charge is 2.15. The average Bonchev–Trinajstić information content (AvgIpc) is 2.69. The van der Waals surface area contributed by atoms with E-state index in [9.17, 15) is 4.39 Å². The van der Waals surface area contributed by atoms with Crippen LogP contribution in [0, 0.1) is 5.82 Å². The van der Waals surface area contributed by atoms with Crippen LogP contribution in [0.1, 0.15) is 12.5 Å². The van der Waals surface area contributed by atoms with Crippen LogP contribution in [0.3, 0.4) is 0 Å². The van der Waals surface area contributed by atoms with Crippen molar-refractivity contribution in [3.63, 3.8) is 0 Å². The summed E-state index contributed by atoms with van der Waals surface area (Å²) in [6.45, 7) is 1.93. The van der Waals surface area contributed by atoms with Gasteiger partial charge in [-0.2, -0.15) is 4.98 Å². The molecular weight excluding hydrogens is 219 g/mol. The Balaban J connectivity index is 2.58. The van der Waals surface area contributed by atoms with Gasteiger partial charge in [0.25, 0.3) is 0 Å². The van der Waals surface area contributed by atoms with E-state index in [0.29, 0.717) is 5.02 Å². The van der Waals surface area contributed by atoms with Crippen molar-refractivity contribution < 1.29 is 8.91 Å². The lowest BCUT2D eigenvalue weighted by Gasteiger charge is -2.04. The Morgan fingerprint density at radius 2 is 2.27 bits per heavy atom. The molecule has 0 aliphatic carbocycles. The highest BCUT2D eigenvalue weighted by atomic mass is 35.5. The first-order chi connectivity index (χ1) is 7.22. The number of aromatic nitrogens is 2. The third-order valence-electron chi connectivity index (χ3n) is 2.10. The molecule has 1 heterocycles. The Morgan fingerprint density at radius 1 is 1.47 bits per heavy atom. The molecule has 1 aromatic heterocycles. The van der Waals surface area contributed by atoms with Gasteiger partial charge >= 0.3 is 0 Å². The van der Waals surface area contributed by atoms with E-state index < -0.39 is 5.82 Å². The molecule has 3 nitrogen and oxygen atoms in total. The summed E-state index contributed by atoms with van der Waals surface area (Å²) in [6.07, 6.45) is 1.86. The summed E-state index contributed by atoms with van der Waals surface area (Å²) in [5, 5.41) is 3.85. The van der Waals surface area contributed by atoms with Gasteiger partial charge in [0.1, 0.15) is 5.82 Å². The molecule has 0 aliphatic heterocycles. The quantitative estimate of drug-likeness (QED) is 0.790. The van der Waals surface area contributed by atoms with Crippen molar-refractivity contribution in [3.05, 3.63) is 34.9 Å². The molecule has 0 unspecified atom stereocenters. The molecule has 0 atom stereocenters. The molecule has 0 fully saturated rings. The van der Waals surface area contributed by atoms with Crippen LogP contribution in [0.2, 0.25) is 5.02 Å². The fraction of sp³-hybridized carbons (Fsp3) is 0.200. The van der Waals surface area contributed by atoms with Gasteiger partial charge in [-0.05, 0) is 24.1 Å². The summed E-state index contributed by atoms with van der Waals surface area (Å²) in [5.41, 5.74) is 1.02. The van der Waals surface area contributed by atoms with Gasteiger partial charge in [-0.1, -0.05) is 23.7 Å². The van der Waals surface area contributed by atoms with Crippen molar-refractivity contribution in [2.75, 3.05) is 0 Å². The second-order valence-corrected chi connectivity index (χ2v) is 3.45. The van der Waals surface area contributed by atoms with Gasteiger partial charge in [0.05, 0.1) is 10.6 Å². The largest absolute Gasteiger partial charge is 0.342 e. The Kier molecular flexibility index (Phi) is 2.68. The molecule has 2 rings (SSSR count). The molecule has 78 valence electrons. The number of hydrogen-bond donors (Lipinski definition) is 0. The monoisotopic (exact) mass is 226 g/mol. The molecule has 2 aromatic rings. The molecule has 0 amide bonds. The van der Waals surface area contributed by atoms with Crippen LogP contribution in [0.5, 0.6) is 0 Å². The maximum atomic E-state index is 13.7. The third-order valence-corrected chi connectivity index (χ3v) is 2.39. The first-order valence-electron chi connectivity index (χ1n) is 4.47. The molecule has 0 N–H and O–H groups in total. The van der Waals surface area contributed by atoms with Crippen LogP contribution in [0.4, 0.5) is 4.39 Å². The first-order valence-corrected chi connectivity index (χ1v) is 4.84. The van der Waals surface area contributed by atoms with Crippen molar-refractivity contribution in [1.82, 2.24) is 10.1 Å². The molecule has 1 aromatic carbocycles.